The van der Waals surface area contributed by atoms with E-state index in [1.54, 1.807) is 0 Å². The van der Waals surface area contributed by atoms with Gasteiger partial charge in [-0.15, -0.1) is 0 Å². The second-order valence-electron chi connectivity index (χ2n) is 5.94. The molecular formula is C18H21N3. The van der Waals surface area contributed by atoms with Crippen molar-refractivity contribution in [2.45, 2.75) is 26.8 Å². The number of aromatic nitrogens is 2. The van der Waals surface area contributed by atoms with Gasteiger partial charge in [-0.3, -0.25) is 5.10 Å². The molecular weight excluding hydrogens is 258 g/mol. The molecule has 3 nitrogen and oxygen atoms in total. The summed E-state index contributed by atoms with van der Waals surface area (Å²) in [7, 11) is 0. The van der Waals surface area contributed by atoms with Crippen molar-refractivity contribution in [3.8, 4) is 0 Å². The summed E-state index contributed by atoms with van der Waals surface area (Å²) < 4.78 is 0. The minimum atomic E-state index is 0.704. The lowest BCUT2D eigenvalue weighted by molar-refractivity contribution is 0.647. The monoisotopic (exact) mass is 279 g/mol. The number of hydrogen-bond acceptors (Lipinski definition) is 2. The molecule has 0 radical (unpaired) electrons. The molecule has 3 rings (SSSR count). The molecule has 0 aliphatic rings. The van der Waals surface area contributed by atoms with Crippen LogP contribution in [0.1, 0.15) is 25.0 Å². The van der Waals surface area contributed by atoms with Crippen LogP contribution < -0.4 is 5.32 Å². The van der Waals surface area contributed by atoms with Crippen molar-refractivity contribution in [1.82, 2.24) is 10.2 Å². The summed E-state index contributed by atoms with van der Waals surface area (Å²) in [6.07, 6.45) is 2.98. The van der Waals surface area contributed by atoms with Crippen LogP contribution in [-0.4, -0.2) is 10.2 Å². The average molecular weight is 279 g/mol. The highest BCUT2D eigenvalue weighted by molar-refractivity contribution is 5.81. The number of hydrogen-bond donors (Lipinski definition) is 2. The lowest BCUT2D eigenvalue weighted by atomic mass is 10.0. The normalized spacial score (nSPS) is 11.2. The standard InChI is InChI=1S/C18H21N3/c1-13(2)9-14-3-5-15(6-4-14)11-19-17-8-7-16-12-20-21-18(16)10-17/h3-8,10,12-13,19H,9,11H2,1-2H3,(H,20,21). The van der Waals surface area contributed by atoms with Crippen LogP contribution in [-0.2, 0) is 13.0 Å². The van der Waals surface area contributed by atoms with Crippen LogP contribution in [0.15, 0.2) is 48.7 Å². The van der Waals surface area contributed by atoms with Crippen LogP contribution in [0.25, 0.3) is 10.9 Å². The van der Waals surface area contributed by atoms with E-state index in [1.165, 1.54) is 11.1 Å². The van der Waals surface area contributed by atoms with Gasteiger partial charge in [0.2, 0.25) is 0 Å². The van der Waals surface area contributed by atoms with E-state index in [0.29, 0.717) is 5.92 Å². The van der Waals surface area contributed by atoms with Gasteiger partial charge in [-0.2, -0.15) is 5.10 Å². The Labute approximate surface area is 125 Å². The molecule has 0 saturated heterocycles. The van der Waals surface area contributed by atoms with Crippen molar-refractivity contribution in [2.24, 2.45) is 5.92 Å². The molecule has 0 aliphatic heterocycles. The Morgan fingerprint density at radius 3 is 2.57 bits per heavy atom. The molecule has 0 amide bonds. The number of aromatic amines is 1. The Bertz CT molecular complexity index is 711. The molecule has 2 N–H and O–H groups in total. The topological polar surface area (TPSA) is 40.7 Å². The number of nitrogens with one attached hydrogen (secondary N) is 2. The highest BCUT2D eigenvalue weighted by Gasteiger charge is 2.00. The number of nitrogens with zero attached hydrogens (tertiary/aromatic N) is 1. The predicted octanol–water partition coefficient (Wildman–Crippen LogP) is 4.37. The van der Waals surface area contributed by atoms with Gasteiger partial charge in [0.1, 0.15) is 0 Å². The van der Waals surface area contributed by atoms with Crippen LogP contribution >= 0.6 is 0 Å². The summed E-state index contributed by atoms with van der Waals surface area (Å²) >= 11 is 0. The number of rotatable bonds is 5. The van der Waals surface area contributed by atoms with Crippen molar-refractivity contribution < 1.29 is 0 Å². The van der Waals surface area contributed by atoms with E-state index >= 15 is 0 Å². The lowest BCUT2D eigenvalue weighted by Crippen LogP contribution is -2.00. The highest BCUT2D eigenvalue weighted by Crippen LogP contribution is 2.17. The molecule has 1 heterocycles. The Kier molecular flexibility index (Phi) is 3.91. The van der Waals surface area contributed by atoms with Crippen molar-refractivity contribution in [3.05, 3.63) is 59.8 Å². The van der Waals surface area contributed by atoms with Crippen LogP contribution in [0.5, 0.6) is 0 Å². The van der Waals surface area contributed by atoms with E-state index in [2.05, 4.69) is 71.8 Å². The van der Waals surface area contributed by atoms with Gasteiger partial charge in [0.25, 0.3) is 0 Å². The van der Waals surface area contributed by atoms with E-state index < -0.39 is 0 Å². The van der Waals surface area contributed by atoms with Gasteiger partial charge < -0.3 is 5.32 Å². The molecule has 1 aromatic heterocycles. The third-order valence-electron chi connectivity index (χ3n) is 3.61. The zero-order valence-corrected chi connectivity index (χ0v) is 12.6. The Balaban J connectivity index is 1.63. The molecule has 0 unspecified atom stereocenters. The largest absolute Gasteiger partial charge is 0.381 e. The number of fused-ring (bicyclic) bond motifs is 1. The fourth-order valence-electron chi connectivity index (χ4n) is 2.52. The zero-order valence-electron chi connectivity index (χ0n) is 12.6. The molecule has 0 atom stereocenters. The van der Waals surface area contributed by atoms with E-state index in [1.807, 2.05) is 6.20 Å². The van der Waals surface area contributed by atoms with Gasteiger partial charge in [-0.1, -0.05) is 38.1 Å². The summed E-state index contributed by atoms with van der Waals surface area (Å²) in [5.41, 5.74) is 4.88. The fraction of sp³-hybridized carbons (Fsp3) is 0.278. The third-order valence-corrected chi connectivity index (χ3v) is 3.61. The van der Waals surface area contributed by atoms with E-state index in [-0.39, 0.29) is 0 Å². The van der Waals surface area contributed by atoms with Gasteiger partial charge in [-0.25, -0.2) is 0 Å². The maximum absolute atomic E-state index is 4.04. The van der Waals surface area contributed by atoms with Gasteiger partial charge >= 0.3 is 0 Å². The quantitative estimate of drug-likeness (QED) is 0.728. The average Bonchev–Trinajstić information content (AvgIpc) is 2.93. The second-order valence-corrected chi connectivity index (χ2v) is 5.94. The van der Waals surface area contributed by atoms with Gasteiger partial charge in [-0.05, 0) is 41.7 Å². The molecule has 0 spiro atoms. The van der Waals surface area contributed by atoms with Crippen LogP contribution in [0.4, 0.5) is 5.69 Å². The molecule has 3 heteroatoms. The van der Waals surface area contributed by atoms with Gasteiger partial charge in [0.05, 0.1) is 11.7 Å². The zero-order chi connectivity index (χ0) is 14.7. The maximum atomic E-state index is 4.04. The first-order valence-electron chi connectivity index (χ1n) is 7.45. The first kappa shape index (κ1) is 13.7. The molecule has 2 aromatic carbocycles. The predicted molar refractivity (Wildman–Crippen MR) is 88.4 cm³/mol. The van der Waals surface area contributed by atoms with Crippen LogP contribution in [0.2, 0.25) is 0 Å². The van der Waals surface area contributed by atoms with Crippen LogP contribution in [0.3, 0.4) is 0 Å². The number of benzene rings is 2. The third kappa shape index (κ3) is 3.43. The highest BCUT2D eigenvalue weighted by atomic mass is 15.1. The first-order chi connectivity index (χ1) is 10.2. The Morgan fingerprint density at radius 1 is 1.05 bits per heavy atom. The lowest BCUT2D eigenvalue weighted by Gasteiger charge is -2.09. The summed E-state index contributed by atoms with van der Waals surface area (Å²) in [5.74, 6) is 0.704. The van der Waals surface area contributed by atoms with E-state index in [4.69, 9.17) is 0 Å². The SMILES string of the molecule is CC(C)Cc1ccc(CNc2ccc3cn[nH]c3c2)cc1. The fourth-order valence-corrected chi connectivity index (χ4v) is 2.52. The summed E-state index contributed by atoms with van der Waals surface area (Å²) in [6.45, 7) is 5.34. The maximum Gasteiger partial charge on any atom is 0.0670 e. The molecule has 108 valence electrons. The summed E-state index contributed by atoms with van der Waals surface area (Å²) in [5, 5.41) is 11.6. The van der Waals surface area contributed by atoms with Crippen LogP contribution in [0, 0.1) is 5.92 Å². The molecule has 0 fully saturated rings. The number of H-pyrrole nitrogens is 1. The Morgan fingerprint density at radius 2 is 1.81 bits per heavy atom. The molecule has 21 heavy (non-hydrogen) atoms. The van der Waals surface area contributed by atoms with Gasteiger partial charge in [0.15, 0.2) is 0 Å². The summed E-state index contributed by atoms with van der Waals surface area (Å²) in [6, 6.07) is 15.1. The van der Waals surface area contributed by atoms with Crippen molar-refractivity contribution >= 4 is 16.6 Å². The van der Waals surface area contributed by atoms with E-state index in [0.717, 1.165) is 29.6 Å². The molecule has 3 aromatic rings. The molecule has 0 saturated carbocycles. The minimum absolute atomic E-state index is 0.704. The Hall–Kier alpha value is -2.29. The van der Waals surface area contributed by atoms with Crippen molar-refractivity contribution in [2.75, 3.05) is 5.32 Å². The minimum Gasteiger partial charge on any atom is -0.381 e. The second kappa shape index (κ2) is 6.00. The van der Waals surface area contributed by atoms with Crippen molar-refractivity contribution in [3.63, 3.8) is 0 Å². The smallest absolute Gasteiger partial charge is 0.0670 e. The van der Waals surface area contributed by atoms with E-state index in [9.17, 15) is 0 Å². The summed E-state index contributed by atoms with van der Waals surface area (Å²) in [4.78, 5) is 0. The number of anilines is 1. The first-order valence-corrected chi connectivity index (χ1v) is 7.45. The van der Waals surface area contributed by atoms with Gasteiger partial charge in [0, 0.05) is 17.6 Å². The molecule has 0 bridgehead atoms. The van der Waals surface area contributed by atoms with Crippen molar-refractivity contribution in [1.29, 1.82) is 0 Å². The molecule has 0 aliphatic carbocycles.